The molecule has 6 aromatic rings. The fourth-order valence-corrected chi connectivity index (χ4v) is 4.49. The van der Waals surface area contributed by atoms with Gasteiger partial charge in [0.25, 0.3) is 0 Å². The molecule has 0 unspecified atom stereocenters. The second-order valence-electron chi connectivity index (χ2n) is 7.37. The van der Waals surface area contributed by atoms with E-state index >= 15 is 0 Å². The van der Waals surface area contributed by atoms with Crippen molar-refractivity contribution in [3.05, 3.63) is 104 Å². The minimum Gasteiger partial charge on any atom is -0.341 e. The summed E-state index contributed by atoms with van der Waals surface area (Å²) in [6, 6.07) is 34.0. The first-order valence-electron chi connectivity index (χ1n) is 10.4. The minimum absolute atomic E-state index is 1.02. The number of hydrogen-bond donors (Lipinski definition) is 0. The van der Waals surface area contributed by atoms with Gasteiger partial charge in [0.15, 0.2) is 0 Å². The third-order valence-corrected chi connectivity index (χ3v) is 5.80. The Morgan fingerprint density at radius 3 is 1.27 bits per heavy atom. The molecule has 2 heterocycles. The smallest absolute Gasteiger partial charge is 0.0534 e. The number of benzene rings is 4. The Labute approximate surface area is 176 Å². The van der Waals surface area contributed by atoms with Crippen LogP contribution in [0.4, 0.5) is 0 Å². The van der Waals surface area contributed by atoms with Gasteiger partial charge in [-0.2, -0.15) is 0 Å². The summed E-state index contributed by atoms with van der Waals surface area (Å²) in [5.74, 6) is 0. The van der Waals surface area contributed by atoms with Gasteiger partial charge < -0.3 is 9.13 Å². The molecule has 0 saturated heterocycles. The number of aromatic nitrogens is 2. The zero-order valence-electron chi connectivity index (χ0n) is 17.1. The summed E-state index contributed by atoms with van der Waals surface area (Å²) in [7, 11) is 0. The summed E-state index contributed by atoms with van der Waals surface area (Å²) >= 11 is 0. The fraction of sp³-hybridized carbons (Fsp3) is 0.0714. The van der Waals surface area contributed by atoms with Crippen LogP contribution in [-0.2, 0) is 6.54 Å². The molecule has 6 rings (SSSR count). The number of hydrogen-bond acceptors (Lipinski definition) is 0. The molecule has 0 aliphatic rings. The standard InChI is InChI=1S/C14H13N.C14H11N/c2*1-2-15-13-9-5-3-7-11(13)12-8-4-6-10-14(12)15/h3-10H,2H2,1H3;2-10H,1H2. The predicted octanol–water partition coefficient (Wildman–Crippen LogP) is 7.71. The SMILES string of the molecule is C=Cn1c2ccccc2c2ccccc21.CCn1c2ccccc2c2ccccc21. The van der Waals surface area contributed by atoms with Crippen LogP contribution in [0.2, 0.25) is 0 Å². The van der Waals surface area contributed by atoms with Crippen molar-refractivity contribution in [3.8, 4) is 0 Å². The second-order valence-corrected chi connectivity index (χ2v) is 7.37. The Morgan fingerprint density at radius 2 is 0.900 bits per heavy atom. The van der Waals surface area contributed by atoms with Gasteiger partial charge in [-0.1, -0.05) is 79.4 Å². The van der Waals surface area contributed by atoms with Gasteiger partial charge in [0.1, 0.15) is 0 Å². The van der Waals surface area contributed by atoms with Crippen LogP contribution in [0.25, 0.3) is 49.8 Å². The molecule has 4 aromatic carbocycles. The summed E-state index contributed by atoms with van der Waals surface area (Å²) in [4.78, 5) is 0. The average Bonchev–Trinajstić information content (AvgIpc) is 3.32. The van der Waals surface area contributed by atoms with Crippen molar-refractivity contribution in [2.75, 3.05) is 0 Å². The number of rotatable bonds is 2. The number of para-hydroxylation sites is 4. The van der Waals surface area contributed by atoms with E-state index in [0.29, 0.717) is 0 Å². The van der Waals surface area contributed by atoms with Gasteiger partial charge in [-0.05, 0) is 31.2 Å². The number of fused-ring (bicyclic) bond motifs is 6. The van der Waals surface area contributed by atoms with E-state index in [1.165, 1.54) is 43.6 Å². The molecule has 0 bridgehead atoms. The lowest BCUT2D eigenvalue weighted by Gasteiger charge is -2.01. The van der Waals surface area contributed by atoms with E-state index in [1.807, 2.05) is 6.20 Å². The average molecular weight is 389 g/mol. The summed E-state index contributed by atoms with van der Waals surface area (Å²) in [5, 5.41) is 5.28. The highest BCUT2D eigenvalue weighted by atomic mass is 15.0. The summed E-state index contributed by atoms with van der Waals surface area (Å²) < 4.78 is 4.50. The fourth-order valence-electron chi connectivity index (χ4n) is 4.49. The van der Waals surface area contributed by atoms with E-state index in [2.05, 4.69) is 120 Å². The van der Waals surface area contributed by atoms with Crippen molar-refractivity contribution in [3.63, 3.8) is 0 Å². The molecule has 0 atom stereocenters. The van der Waals surface area contributed by atoms with Crippen molar-refractivity contribution in [1.29, 1.82) is 0 Å². The maximum Gasteiger partial charge on any atom is 0.0534 e. The molecule has 30 heavy (non-hydrogen) atoms. The zero-order chi connectivity index (χ0) is 20.5. The van der Waals surface area contributed by atoms with Gasteiger partial charge >= 0.3 is 0 Å². The first-order valence-corrected chi connectivity index (χ1v) is 10.4. The van der Waals surface area contributed by atoms with E-state index in [0.717, 1.165) is 6.54 Å². The molecular weight excluding hydrogens is 364 g/mol. The van der Waals surface area contributed by atoms with Crippen molar-refractivity contribution in [2.45, 2.75) is 13.5 Å². The van der Waals surface area contributed by atoms with Gasteiger partial charge in [-0.15, -0.1) is 0 Å². The molecule has 2 nitrogen and oxygen atoms in total. The molecule has 0 radical (unpaired) electrons. The first-order chi connectivity index (χ1) is 14.8. The maximum atomic E-state index is 3.87. The van der Waals surface area contributed by atoms with Crippen LogP contribution in [0.5, 0.6) is 0 Å². The van der Waals surface area contributed by atoms with Crippen molar-refractivity contribution >= 4 is 49.8 Å². The van der Waals surface area contributed by atoms with Crippen LogP contribution in [0, 0.1) is 0 Å². The molecule has 0 saturated carbocycles. The van der Waals surface area contributed by atoms with E-state index in [4.69, 9.17) is 0 Å². The summed E-state index contributed by atoms with van der Waals surface area (Å²) in [6.07, 6.45) is 1.87. The molecule has 0 spiro atoms. The Bertz CT molecular complexity index is 1390. The lowest BCUT2D eigenvalue weighted by atomic mass is 10.2. The van der Waals surface area contributed by atoms with Crippen LogP contribution < -0.4 is 0 Å². The molecule has 2 aromatic heterocycles. The van der Waals surface area contributed by atoms with Gasteiger partial charge in [0.05, 0.1) is 11.0 Å². The van der Waals surface area contributed by atoms with Gasteiger partial charge in [-0.3, -0.25) is 0 Å². The van der Waals surface area contributed by atoms with E-state index < -0.39 is 0 Å². The highest BCUT2D eigenvalue weighted by Crippen LogP contribution is 2.29. The topological polar surface area (TPSA) is 9.86 Å². The quantitative estimate of drug-likeness (QED) is 0.287. The molecular formula is C28H24N2. The molecule has 0 fully saturated rings. The van der Waals surface area contributed by atoms with Gasteiger partial charge in [0, 0.05) is 45.3 Å². The molecule has 0 amide bonds. The highest BCUT2D eigenvalue weighted by molar-refractivity contribution is 6.09. The van der Waals surface area contributed by atoms with E-state index in [9.17, 15) is 0 Å². The normalized spacial score (nSPS) is 11.1. The van der Waals surface area contributed by atoms with Crippen molar-refractivity contribution in [2.24, 2.45) is 0 Å². The Kier molecular flexibility index (Phi) is 4.61. The van der Waals surface area contributed by atoms with Gasteiger partial charge in [0.2, 0.25) is 0 Å². The third kappa shape index (κ3) is 2.81. The summed E-state index contributed by atoms with van der Waals surface area (Å²) in [5.41, 5.74) is 5.10. The largest absolute Gasteiger partial charge is 0.341 e. The van der Waals surface area contributed by atoms with Crippen LogP contribution in [0.3, 0.4) is 0 Å². The molecule has 2 heteroatoms. The highest BCUT2D eigenvalue weighted by Gasteiger charge is 2.07. The maximum absolute atomic E-state index is 3.87. The van der Waals surface area contributed by atoms with Crippen molar-refractivity contribution < 1.29 is 0 Å². The monoisotopic (exact) mass is 388 g/mol. The lowest BCUT2D eigenvalue weighted by molar-refractivity contribution is 0.827. The summed E-state index contributed by atoms with van der Waals surface area (Å²) in [6.45, 7) is 7.08. The second kappa shape index (κ2) is 7.57. The Hall–Kier alpha value is -3.78. The number of nitrogens with zero attached hydrogens (tertiary/aromatic N) is 2. The molecule has 0 N–H and O–H groups in total. The molecule has 0 aliphatic carbocycles. The Balaban J connectivity index is 0.000000128. The first kappa shape index (κ1) is 18.3. The van der Waals surface area contributed by atoms with Crippen LogP contribution in [0.15, 0.2) is 104 Å². The number of aryl methyl sites for hydroxylation is 1. The third-order valence-electron chi connectivity index (χ3n) is 5.80. The van der Waals surface area contributed by atoms with Crippen LogP contribution in [0.1, 0.15) is 6.92 Å². The van der Waals surface area contributed by atoms with Crippen LogP contribution in [-0.4, -0.2) is 9.13 Å². The van der Waals surface area contributed by atoms with Crippen molar-refractivity contribution in [1.82, 2.24) is 9.13 Å². The predicted molar refractivity (Wildman–Crippen MR) is 131 cm³/mol. The van der Waals surface area contributed by atoms with E-state index in [-0.39, 0.29) is 0 Å². The zero-order valence-corrected chi connectivity index (χ0v) is 17.1. The molecule has 0 aliphatic heterocycles. The van der Waals surface area contributed by atoms with Crippen LogP contribution >= 0.6 is 0 Å². The Morgan fingerprint density at radius 1 is 0.567 bits per heavy atom. The van der Waals surface area contributed by atoms with E-state index in [1.54, 1.807) is 0 Å². The minimum atomic E-state index is 1.02. The molecule has 146 valence electrons. The van der Waals surface area contributed by atoms with Gasteiger partial charge in [-0.25, -0.2) is 0 Å². The lowest BCUT2D eigenvalue weighted by Crippen LogP contribution is -1.91.